The number of thioether (sulfide) groups is 1. The van der Waals surface area contributed by atoms with Gasteiger partial charge in [-0.15, -0.1) is 11.8 Å². The van der Waals surface area contributed by atoms with E-state index in [9.17, 15) is 18.0 Å². The molecule has 3 rings (SSSR count). The predicted molar refractivity (Wildman–Crippen MR) is 154 cm³/mol. The number of amides is 2. The maximum Gasteiger partial charge on any atom is 0.264 e. The second-order valence-corrected chi connectivity index (χ2v) is 11.8. The molecule has 1 unspecified atom stereocenters. The third kappa shape index (κ3) is 6.96. The number of rotatable bonds is 11. The molecule has 0 aromatic heterocycles. The summed E-state index contributed by atoms with van der Waals surface area (Å²) < 4.78 is 28.8. The van der Waals surface area contributed by atoms with Crippen molar-refractivity contribution in [3.8, 4) is 0 Å². The van der Waals surface area contributed by atoms with Gasteiger partial charge in [0.2, 0.25) is 11.8 Å². The average Bonchev–Trinajstić information content (AvgIpc) is 2.91. The quantitative estimate of drug-likeness (QED) is 0.346. The lowest BCUT2D eigenvalue weighted by atomic mass is 10.1. The summed E-state index contributed by atoms with van der Waals surface area (Å²) in [5.74, 6) is -0.774. The minimum absolute atomic E-state index is 0.0888. The van der Waals surface area contributed by atoms with Crippen molar-refractivity contribution in [2.45, 2.75) is 50.1 Å². The smallest absolute Gasteiger partial charge is 0.264 e. The molecule has 0 fully saturated rings. The molecular weight excluding hydrogens is 518 g/mol. The Morgan fingerprint density at radius 1 is 0.947 bits per heavy atom. The number of hydrogen-bond donors (Lipinski definition) is 1. The molecule has 3 aromatic rings. The van der Waals surface area contributed by atoms with Gasteiger partial charge in [-0.05, 0) is 81.5 Å². The molecule has 1 N–H and O–H groups in total. The molecule has 0 radical (unpaired) electrons. The standard InChI is InChI=1S/C29H35N3O4S2/c1-6-30-29(34)23(4)31(19-24-10-8-7-9-22(24)3)28(33)20-32(25-13-11-21(2)12-14-25)38(35,36)27-17-15-26(37-5)16-18-27/h7-18,23H,6,19-20H2,1-5H3,(H,30,34). The fourth-order valence-corrected chi connectivity index (χ4v) is 5.81. The zero-order valence-corrected chi connectivity index (χ0v) is 24.1. The van der Waals surface area contributed by atoms with Gasteiger partial charge in [0.05, 0.1) is 10.6 Å². The van der Waals surface area contributed by atoms with Crippen LogP contribution in [0.15, 0.2) is 82.6 Å². The van der Waals surface area contributed by atoms with Crippen molar-refractivity contribution in [1.82, 2.24) is 10.2 Å². The number of nitrogens with zero attached hydrogens (tertiary/aromatic N) is 2. The maximum absolute atomic E-state index is 13.9. The van der Waals surface area contributed by atoms with Crippen LogP contribution in [0.2, 0.25) is 0 Å². The van der Waals surface area contributed by atoms with Crippen molar-refractivity contribution in [2.75, 3.05) is 23.7 Å². The first-order valence-electron chi connectivity index (χ1n) is 12.4. The summed E-state index contributed by atoms with van der Waals surface area (Å²) in [6.45, 7) is 7.47. The summed E-state index contributed by atoms with van der Waals surface area (Å²) in [5.41, 5.74) is 3.20. The van der Waals surface area contributed by atoms with Crippen LogP contribution in [0.1, 0.15) is 30.5 Å². The molecule has 202 valence electrons. The van der Waals surface area contributed by atoms with Gasteiger partial charge in [0.25, 0.3) is 10.0 Å². The molecule has 0 aliphatic rings. The molecule has 0 aliphatic carbocycles. The van der Waals surface area contributed by atoms with Gasteiger partial charge in [-0.1, -0.05) is 42.0 Å². The maximum atomic E-state index is 13.9. The molecule has 1 atom stereocenters. The molecule has 2 amide bonds. The van der Waals surface area contributed by atoms with Gasteiger partial charge in [0.15, 0.2) is 0 Å². The second-order valence-electron chi connectivity index (χ2n) is 9.04. The van der Waals surface area contributed by atoms with E-state index in [0.717, 1.165) is 25.9 Å². The summed E-state index contributed by atoms with van der Waals surface area (Å²) in [5, 5.41) is 2.77. The monoisotopic (exact) mass is 553 g/mol. The number of hydrogen-bond acceptors (Lipinski definition) is 5. The van der Waals surface area contributed by atoms with Crippen molar-refractivity contribution in [3.63, 3.8) is 0 Å². The van der Waals surface area contributed by atoms with Crippen LogP contribution in [0.4, 0.5) is 5.69 Å². The minimum Gasteiger partial charge on any atom is -0.355 e. The van der Waals surface area contributed by atoms with Crippen LogP contribution >= 0.6 is 11.8 Å². The Morgan fingerprint density at radius 3 is 2.16 bits per heavy atom. The lowest BCUT2D eigenvalue weighted by Gasteiger charge is -2.32. The van der Waals surface area contributed by atoms with E-state index < -0.39 is 28.5 Å². The lowest BCUT2D eigenvalue weighted by molar-refractivity contribution is -0.139. The van der Waals surface area contributed by atoms with Gasteiger partial charge >= 0.3 is 0 Å². The number of aryl methyl sites for hydroxylation is 2. The number of sulfonamides is 1. The molecule has 0 spiro atoms. The Bertz CT molecular complexity index is 1360. The number of likely N-dealkylation sites (N-methyl/N-ethyl adjacent to an activating group) is 1. The first kappa shape index (κ1) is 29.3. The molecular formula is C29H35N3O4S2. The van der Waals surface area contributed by atoms with Gasteiger partial charge in [-0.2, -0.15) is 0 Å². The van der Waals surface area contributed by atoms with Gasteiger partial charge in [0, 0.05) is 18.0 Å². The summed E-state index contributed by atoms with van der Waals surface area (Å²) in [6, 6.07) is 20.4. The van der Waals surface area contributed by atoms with Crippen molar-refractivity contribution >= 4 is 39.3 Å². The van der Waals surface area contributed by atoms with E-state index in [2.05, 4.69) is 5.32 Å². The van der Waals surface area contributed by atoms with E-state index >= 15 is 0 Å². The van der Waals surface area contributed by atoms with Crippen LogP contribution in [0.5, 0.6) is 0 Å². The third-order valence-electron chi connectivity index (χ3n) is 6.37. The van der Waals surface area contributed by atoms with Crippen LogP contribution < -0.4 is 9.62 Å². The summed E-state index contributed by atoms with van der Waals surface area (Å²) in [6.07, 6.45) is 1.92. The zero-order valence-electron chi connectivity index (χ0n) is 22.5. The molecule has 7 nitrogen and oxygen atoms in total. The van der Waals surface area contributed by atoms with Crippen LogP contribution in [0.25, 0.3) is 0 Å². The van der Waals surface area contributed by atoms with Crippen molar-refractivity contribution < 1.29 is 18.0 Å². The van der Waals surface area contributed by atoms with E-state index in [-0.39, 0.29) is 17.3 Å². The Kier molecular flexibility index (Phi) is 9.99. The van der Waals surface area contributed by atoms with Gasteiger partial charge in [0.1, 0.15) is 12.6 Å². The highest BCUT2D eigenvalue weighted by Gasteiger charge is 2.32. The van der Waals surface area contributed by atoms with E-state index in [1.165, 1.54) is 16.7 Å². The lowest BCUT2D eigenvalue weighted by Crippen LogP contribution is -2.51. The highest BCUT2D eigenvalue weighted by Crippen LogP contribution is 2.26. The van der Waals surface area contributed by atoms with Gasteiger partial charge in [-0.25, -0.2) is 8.42 Å². The summed E-state index contributed by atoms with van der Waals surface area (Å²) in [7, 11) is -4.08. The second kappa shape index (κ2) is 13.0. The number of anilines is 1. The Hall–Kier alpha value is -3.30. The van der Waals surface area contributed by atoms with E-state index in [4.69, 9.17) is 0 Å². The van der Waals surface area contributed by atoms with Crippen molar-refractivity contribution in [2.24, 2.45) is 0 Å². The number of carbonyl (C=O) groups is 2. The fraction of sp³-hybridized carbons (Fsp3) is 0.310. The highest BCUT2D eigenvalue weighted by atomic mass is 32.2. The zero-order chi connectivity index (χ0) is 27.9. The summed E-state index contributed by atoms with van der Waals surface area (Å²) in [4.78, 5) is 29.1. The Morgan fingerprint density at radius 2 is 1.58 bits per heavy atom. The minimum atomic E-state index is -4.08. The predicted octanol–water partition coefficient (Wildman–Crippen LogP) is 4.77. The SMILES string of the molecule is CCNC(=O)C(C)N(Cc1ccccc1C)C(=O)CN(c1ccc(C)cc1)S(=O)(=O)c1ccc(SC)cc1. The van der Waals surface area contributed by atoms with E-state index in [1.807, 2.05) is 63.4 Å². The molecule has 0 saturated carbocycles. The van der Waals surface area contributed by atoms with Crippen molar-refractivity contribution in [3.05, 3.63) is 89.5 Å². The summed E-state index contributed by atoms with van der Waals surface area (Å²) >= 11 is 1.51. The third-order valence-corrected chi connectivity index (χ3v) is 8.90. The topological polar surface area (TPSA) is 86.8 Å². The van der Waals surface area contributed by atoms with Crippen molar-refractivity contribution in [1.29, 1.82) is 0 Å². The van der Waals surface area contributed by atoms with Crippen LogP contribution in [0.3, 0.4) is 0 Å². The fourth-order valence-electron chi connectivity index (χ4n) is 3.99. The molecule has 0 saturated heterocycles. The van der Waals surface area contributed by atoms with Gasteiger partial charge in [-0.3, -0.25) is 13.9 Å². The van der Waals surface area contributed by atoms with Crippen LogP contribution in [-0.2, 0) is 26.2 Å². The number of nitrogens with one attached hydrogen (secondary N) is 1. The highest BCUT2D eigenvalue weighted by molar-refractivity contribution is 7.98. The van der Waals surface area contributed by atoms with Crippen LogP contribution in [0, 0.1) is 13.8 Å². The molecule has 38 heavy (non-hydrogen) atoms. The van der Waals surface area contributed by atoms with E-state index in [0.29, 0.717) is 12.2 Å². The van der Waals surface area contributed by atoms with E-state index in [1.54, 1.807) is 43.3 Å². The molecule has 0 bridgehead atoms. The van der Waals surface area contributed by atoms with Crippen LogP contribution in [-0.4, -0.2) is 50.5 Å². The molecule has 0 heterocycles. The Balaban J connectivity index is 2.03. The largest absolute Gasteiger partial charge is 0.355 e. The Labute approximate surface area is 230 Å². The average molecular weight is 554 g/mol. The molecule has 9 heteroatoms. The molecule has 3 aromatic carbocycles. The normalized spacial score (nSPS) is 12.0. The van der Waals surface area contributed by atoms with Gasteiger partial charge < -0.3 is 10.2 Å². The number of benzene rings is 3. The number of carbonyl (C=O) groups excluding carboxylic acids is 2. The first-order valence-corrected chi connectivity index (χ1v) is 15.1. The first-order chi connectivity index (χ1) is 18.1. The molecule has 0 aliphatic heterocycles.